The van der Waals surface area contributed by atoms with E-state index in [0.717, 1.165) is 37.9 Å². The van der Waals surface area contributed by atoms with Crippen molar-refractivity contribution in [2.45, 2.75) is 25.8 Å². The first-order valence-corrected chi connectivity index (χ1v) is 9.30. The van der Waals surface area contributed by atoms with Crippen LogP contribution in [-0.2, 0) is 16.1 Å². The normalized spacial score (nSPS) is 17.8. The highest BCUT2D eigenvalue weighted by Crippen LogP contribution is 2.34. The molecule has 4 rings (SSSR count). The molecule has 0 aromatic heterocycles. The third kappa shape index (κ3) is 3.37. The van der Waals surface area contributed by atoms with Crippen LogP contribution in [0.5, 0.6) is 0 Å². The average Bonchev–Trinajstić information content (AvgIpc) is 2.95. The highest BCUT2D eigenvalue weighted by molar-refractivity contribution is 6.35. The summed E-state index contributed by atoms with van der Waals surface area (Å²) < 4.78 is 13.4. The summed E-state index contributed by atoms with van der Waals surface area (Å²) in [6.07, 6.45) is 3.13. The number of hydrogen-bond acceptors (Lipinski definition) is 3. The maximum Gasteiger partial charge on any atom is 0.278 e. The molecule has 0 bridgehead atoms. The lowest BCUT2D eigenvalue weighted by atomic mass is 10.0. The van der Waals surface area contributed by atoms with Gasteiger partial charge < -0.3 is 4.90 Å². The topological polar surface area (TPSA) is 40.6 Å². The van der Waals surface area contributed by atoms with E-state index in [0.29, 0.717) is 16.8 Å². The first-order valence-electron chi connectivity index (χ1n) is 9.30. The third-order valence-electron chi connectivity index (χ3n) is 5.13. The van der Waals surface area contributed by atoms with Gasteiger partial charge in [-0.15, -0.1) is 0 Å². The Balaban J connectivity index is 1.73. The molecule has 0 aliphatic carbocycles. The van der Waals surface area contributed by atoms with Crippen molar-refractivity contribution in [1.29, 1.82) is 0 Å². The molecule has 4 nitrogen and oxygen atoms in total. The highest BCUT2D eigenvalue weighted by Gasteiger charge is 2.41. The van der Waals surface area contributed by atoms with Crippen LogP contribution in [0.3, 0.4) is 0 Å². The number of hydrogen-bond donors (Lipinski definition) is 0. The van der Waals surface area contributed by atoms with Crippen LogP contribution in [0, 0.1) is 5.82 Å². The number of rotatable bonds is 4. The van der Waals surface area contributed by atoms with E-state index in [9.17, 15) is 14.0 Å². The Hall–Kier alpha value is -2.95. The van der Waals surface area contributed by atoms with Crippen molar-refractivity contribution < 1.29 is 14.0 Å². The van der Waals surface area contributed by atoms with Gasteiger partial charge >= 0.3 is 0 Å². The molecule has 2 aromatic carbocycles. The van der Waals surface area contributed by atoms with Crippen LogP contribution in [-0.4, -0.2) is 34.7 Å². The number of likely N-dealkylation sites (tertiary alicyclic amines) is 1. The zero-order valence-corrected chi connectivity index (χ0v) is 15.0. The van der Waals surface area contributed by atoms with Crippen LogP contribution in [0.2, 0.25) is 0 Å². The molecule has 138 valence electrons. The number of halogens is 1. The van der Waals surface area contributed by atoms with Crippen molar-refractivity contribution in [2.24, 2.45) is 0 Å². The van der Waals surface area contributed by atoms with Gasteiger partial charge in [0.05, 0.1) is 12.1 Å². The number of piperidine rings is 1. The minimum Gasteiger partial charge on any atom is -0.366 e. The largest absolute Gasteiger partial charge is 0.366 e. The predicted molar refractivity (Wildman–Crippen MR) is 101 cm³/mol. The van der Waals surface area contributed by atoms with E-state index in [1.165, 1.54) is 17.0 Å². The molecule has 1 saturated heterocycles. The Morgan fingerprint density at radius 1 is 0.815 bits per heavy atom. The Morgan fingerprint density at radius 3 is 2.15 bits per heavy atom. The summed E-state index contributed by atoms with van der Waals surface area (Å²) in [7, 11) is 0. The van der Waals surface area contributed by atoms with Crippen molar-refractivity contribution >= 4 is 17.4 Å². The van der Waals surface area contributed by atoms with Crippen LogP contribution in [0.4, 0.5) is 4.39 Å². The Labute approximate surface area is 157 Å². The van der Waals surface area contributed by atoms with Crippen molar-refractivity contribution in [1.82, 2.24) is 9.80 Å². The molecule has 5 heteroatoms. The standard InChI is InChI=1S/C22H21FN2O2/c23-18-11-9-17(10-12-18)19-20(24-13-5-2-6-14-24)22(27)25(21(19)26)15-16-7-3-1-4-8-16/h1,3-4,7-12H,2,5-6,13-15H2. The SMILES string of the molecule is O=C1C(c2ccc(F)cc2)=C(N2CCCCC2)C(=O)N1Cc1ccccc1. The van der Waals surface area contributed by atoms with Gasteiger partial charge in [0, 0.05) is 13.1 Å². The molecule has 2 heterocycles. The molecule has 1 fully saturated rings. The second-order valence-electron chi connectivity index (χ2n) is 6.96. The first kappa shape index (κ1) is 17.5. The zero-order valence-electron chi connectivity index (χ0n) is 15.0. The fourth-order valence-electron chi connectivity index (χ4n) is 3.76. The lowest BCUT2D eigenvalue weighted by molar-refractivity contribution is -0.138. The van der Waals surface area contributed by atoms with Crippen molar-refractivity contribution in [3.05, 3.63) is 77.2 Å². The molecular formula is C22H21FN2O2. The summed E-state index contributed by atoms with van der Waals surface area (Å²) in [6, 6.07) is 15.3. The fraction of sp³-hybridized carbons (Fsp3) is 0.273. The number of carbonyl (C=O) groups excluding carboxylic acids is 2. The highest BCUT2D eigenvalue weighted by atomic mass is 19.1. The Morgan fingerprint density at radius 2 is 1.48 bits per heavy atom. The Kier molecular flexibility index (Phi) is 4.75. The van der Waals surface area contributed by atoms with Crippen LogP contribution < -0.4 is 0 Å². The minimum absolute atomic E-state index is 0.237. The van der Waals surface area contributed by atoms with Gasteiger partial charge in [0.1, 0.15) is 11.5 Å². The minimum atomic E-state index is -0.364. The van der Waals surface area contributed by atoms with E-state index in [2.05, 4.69) is 0 Å². The fourth-order valence-corrected chi connectivity index (χ4v) is 3.76. The molecule has 27 heavy (non-hydrogen) atoms. The molecule has 0 atom stereocenters. The molecule has 0 radical (unpaired) electrons. The Bertz CT molecular complexity index is 884. The van der Waals surface area contributed by atoms with Gasteiger partial charge in [0.15, 0.2) is 0 Å². The molecule has 2 amide bonds. The van der Waals surface area contributed by atoms with Gasteiger partial charge in [-0.1, -0.05) is 42.5 Å². The van der Waals surface area contributed by atoms with E-state index in [1.807, 2.05) is 35.2 Å². The number of benzene rings is 2. The first-order chi connectivity index (χ1) is 13.1. The quantitative estimate of drug-likeness (QED) is 0.779. The monoisotopic (exact) mass is 364 g/mol. The van der Waals surface area contributed by atoms with Gasteiger partial charge in [-0.05, 0) is 42.5 Å². The van der Waals surface area contributed by atoms with Crippen LogP contribution in [0.25, 0.3) is 5.57 Å². The maximum absolute atomic E-state index is 13.4. The summed E-state index contributed by atoms with van der Waals surface area (Å²) in [6.45, 7) is 1.76. The summed E-state index contributed by atoms with van der Waals surface area (Å²) in [5.41, 5.74) is 2.34. The zero-order chi connectivity index (χ0) is 18.8. The van der Waals surface area contributed by atoms with Crippen molar-refractivity contribution in [3.8, 4) is 0 Å². The average molecular weight is 364 g/mol. The van der Waals surface area contributed by atoms with E-state index < -0.39 is 0 Å². The molecule has 2 aliphatic rings. The second kappa shape index (κ2) is 7.35. The van der Waals surface area contributed by atoms with Gasteiger partial charge in [0.25, 0.3) is 11.8 Å². The summed E-state index contributed by atoms with van der Waals surface area (Å²) in [5.74, 6) is -0.933. The van der Waals surface area contributed by atoms with Gasteiger partial charge in [0.2, 0.25) is 0 Å². The molecule has 0 N–H and O–H groups in total. The molecular weight excluding hydrogens is 343 g/mol. The third-order valence-corrected chi connectivity index (χ3v) is 5.13. The van der Waals surface area contributed by atoms with Crippen LogP contribution in [0.15, 0.2) is 60.3 Å². The van der Waals surface area contributed by atoms with E-state index in [1.54, 1.807) is 12.1 Å². The molecule has 2 aliphatic heterocycles. The number of imide groups is 1. The van der Waals surface area contributed by atoms with Crippen molar-refractivity contribution in [3.63, 3.8) is 0 Å². The number of nitrogens with zero attached hydrogens (tertiary/aromatic N) is 2. The summed E-state index contributed by atoms with van der Waals surface area (Å²) in [5, 5.41) is 0. The summed E-state index contributed by atoms with van der Waals surface area (Å²) in [4.78, 5) is 29.7. The van der Waals surface area contributed by atoms with E-state index in [4.69, 9.17) is 0 Å². The molecule has 0 spiro atoms. The molecule has 0 saturated carbocycles. The lowest BCUT2D eigenvalue weighted by Gasteiger charge is -2.29. The molecule has 0 unspecified atom stereocenters. The number of carbonyl (C=O) groups is 2. The maximum atomic E-state index is 13.4. The van der Waals surface area contributed by atoms with Crippen LogP contribution in [0.1, 0.15) is 30.4 Å². The second-order valence-corrected chi connectivity index (χ2v) is 6.96. The van der Waals surface area contributed by atoms with Gasteiger partial charge in [-0.25, -0.2) is 4.39 Å². The van der Waals surface area contributed by atoms with Gasteiger partial charge in [-0.2, -0.15) is 0 Å². The number of amides is 2. The van der Waals surface area contributed by atoms with E-state index in [-0.39, 0.29) is 24.2 Å². The predicted octanol–water partition coefficient (Wildman–Crippen LogP) is 3.59. The molecule has 2 aromatic rings. The van der Waals surface area contributed by atoms with Gasteiger partial charge in [-0.3, -0.25) is 14.5 Å². The van der Waals surface area contributed by atoms with Crippen LogP contribution >= 0.6 is 0 Å². The van der Waals surface area contributed by atoms with Crippen molar-refractivity contribution in [2.75, 3.05) is 13.1 Å². The summed E-state index contributed by atoms with van der Waals surface area (Å²) >= 11 is 0. The smallest absolute Gasteiger partial charge is 0.278 e. The van der Waals surface area contributed by atoms with E-state index >= 15 is 0 Å². The lowest BCUT2D eigenvalue weighted by Crippen LogP contribution is -2.36.